The van der Waals surface area contributed by atoms with Crippen LogP contribution in [0, 0.1) is 0 Å². The van der Waals surface area contributed by atoms with Crippen LogP contribution in [0.25, 0.3) is 0 Å². The molecular formula is C20H28Si. The average Bonchev–Trinajstić information content (AvgIpc) is 2.47. The fraction of sp³-hybridized carbons (Fsp3) is 0.400. The van der Waals surface area contributed by atoms with E-state index in [0.29, 0.717) is 11.8 Å². The molecule has 0 amide bonds. The molecule has 0 nitrogen and oxygen atoms in total. The molecule has 1 heteroatoms. The van der Waals surface area contributed by atoms with Gasteiger partial charge in [0.15, 0.2) is 0 Å². The number of benzene rings is 2. The van der Waals surface area contributed by atoms with Crippen LogP contribution in [0.3, 0.4) is 0 Å². The van der Waals surface area contributed by atoms with E-state index in [0.717, 1.165) is 0 Å². The molecule has 0 aliphatic rings. The van der Waals surface area contributed by atoms with Crippen LogP contribution in [0.15, 0.2) is 48.5 Å². The summed E-state index contributed by atoms with van der Waals surface area (Å²) >= 11 is 0. The summed E-state index contributed by atoms with van der Waals surface area (Å²) in [5, 5.41) is 3.04. The summed E-state index contributed by atoms with van der Waals surface area (Å²) in [5.74, 6) is 1.21. The van der Waals surface area contributed by atoms with Crippen LogP contribution >= 0.6 is 0 Å². The van der Waals surface area contributed by atoms with Crippen LogP contribution in [-0.2, 0) is 0 Å². The molecule has 0 aromatic heterocycles. The molecule has 0 N–H and O–H groups in total. The Morgan fingerprint density at radius 1 is 0.571 bits per heavy atom. The molecule has 2 rings (SSSR count). The minimum Gasteiger partial charge on any atom is -0.0623 e. The molecule has 0 saturated heterocycles. The monoisotopic (exact) mass is 296 g/mol. The van der Waals surface area contributed by atoms with Gasteiger partial charge < -0.3 is 0 Å². The Morgan fingerprint density at radius 2 is 0.857 bits per heavy atom. The van der Waals surface area contributed by atoms with Crippen LogP contribution in [0.1, 0.15) is 50.7 Å². The van der Waals surface area contributed by atoms with Gasteiger partial charge in [-0.3, -0.25) is 0 Å². The summed E-state index contributed by atoms with van der Waals surface area (Å²) in [6, 6.07) is 18.6. The first-order valence-corrected chi connectivity index (χ1v) is 11.0. The van der Waals surface area contributed by atoms with Gasteiger partial charge in [-0.2, -0.15) is 0 Å². The van der Waals surface area contributed by atoms with Crippen molar-refractivity contribution in [3.8, 4) is 0 Å². The van der Waals surface area contributed by atoms with E-state index < -0.39 is 8.07 Å². The van der Waals surface area contributed by atoms with Crippen molar-refractivity contribution in [2.75, 3.05) is 0 Å². The Hall–Kier alpha value is -1.34. The lowest BCUT2D eigenvalue weighted by atomic mass is 10.0. The highest BCUT2D eigenvalue weighted by Crippen LogP contribution is 2.16. The first-order valence-electron chi connectivity index (χ1n) is 8.03. The summed E-state index contributed by atoms with van der Waals surface area (Å²) in [7, 11) is -1.57. The first kappa shape index (κ1) is 16.0. The fourth-order valence-corrected chi connectivity index (χ4v) is 5.07. The normalized spacial score (nSPS) is 12.2. The van der Waals surface area contributed by atoms with Gasteiger partial charge in [0.25, 0.3) is 0 Å². The van der Waals surface area contributed by atoms with Gasteiger partial charge >= 0.3 is 0 Å². The lowest BCUT2D eigenvalue weighted by Crippen LogP contribution is -2.52. The Balaban J connectivity index is 2.31. The second kappa shape index (κ2) is 6.19. The standard InChI is InChI=1S/C20H28Si/c1-15(2)17-7-11-19(12-8-17)21(5,6)20-13-9-18(10-14-20)16(3)4/h7-16H,1-6H3. The third-order valence-corrected chi connectivity index (χ3v) is 8.15. The number of hydrogen-bond donors (Lipinski definition) is 0. The van der Waals surface area contributed by atoms with Crippen LogP contribution in [0.4, 0.5) is 0 Å². The van der Waals surface area contributed by atoms with Gasteiger partial charge in [-0.1, -0.05) is 99.7 Å². The second-order valence-electron chi connectivity index (χ2n) is 7.18. The molecule has 0 heterocycles. The van der Waals surface area contributed by atoms with Crippen molar-refractivity contribution in [2.24, 2.45) is 0 Å². The van der Waals surface area contributed by atoms with E-state index >= 15 is 0 Å². The van der Waals surface area contributed by atoms with Gasteiger partial charge in [0.2, 0.25) is 0 Å². The molecule has 0 aliphatic carbocycles. The lowest BCUT2D eigenvalue weighted by Gasteiger charge is -2.24. The van der Waals surface area contributed by atoms with E-state index in [4.69, 9.17) is 0 Å². The van der Waals surface area contributed by atoms with Crippen molar-refractivity contribution in [1.29, 1.82) is 0 Å². The molecule has 0 saturated carbocycles. The molecule has 0 unspecified atom stereocenters. The maximum Gasteiger partial charge on any atom is 0.112 e. The van der Waals surface area contributed by atoms with E-state index in [2.05, 4.69) is 89.3 Å². The predicted octanol–water partition coefficient (Wildman–Crippen LogP) is 4.76. The molecule has 21 heavy (non-hydrogen) atoms. The van der Waals surface area contributed by atoms with Crippen molar-refractivity contribution in [1.82, 2.24) is 0 Å². The average molecular weight is 297 g/mol. The third-order valence-electron chi connectivity index (χ3n) is 4.60. The van der Waals surface area contributed by atoms with Crippen molar-refractivity contribution >= 4 is 18.4 Å². The van der Waals surface area contributed by atoms with E-state index in [-0.39, 0.29) is 0 Å². The van der Waals surface area contributed by atoms with Crippen LogP contribution < -0.4 is 10.4 Å². The molecule has 0 radical (unpaired) electrons. The molecule has 112 valence electrons. The molecule has 0 atom stereocenters. The molecule has 2 aromatic carbocycles. The summed E-state index contributed by atoms with van der Waals surface area (Å²) < 4.78 is 0. The van der Waals surface area contributed by atoms with Crippen LogP contribution in [0.2, 0.25) is 13.1 Å². The Kier molecular flexibility index (Phi) is 4.73. The Bertz CT molecular complexity index is 521. The first-order chi connectivity index (χ1) is 9.82. The summed E-state index contributed by atoms with van der Waals surface area (Å²) in [6.07, 6.45) is 0. The maximum absolute atomic E-state index is 2.45. The van der Waals surface area contributed by atoms with Gasteiger partial charge in [0.1, 0.15) is 8.07 Å². The summed E-state index contributed by atoms with van der Waals surface area (Å²) in [4.78, 5) is 0. The highest BCUT2D eigenvalue weighted by molar-refractivity contribution is 7.00. The lowest BCUT2D eigenvalue weighted by molar-refractivity contribution is 0.867. The second-order valence-corrected chi connectivity index (χ2v) is 11.6. The SMILES string of the molecule is CC(C)c1ccc([Si](C)(C)c2ccc(C(C)C)cc2)cc1. The quantitative estimate of drug-likeness (QED) is 0.714. The zero-order chi connectivity index (χ0) is 15.6. The summed E-state index contributed by atoms with van der Waals surface area (Å²) in [6.45, 7) is 13.9. The Labute approximate surface area is 131 Å². The molecule has 0 fully saturated rings. The molecular weight excluding hydrogens is 268 g/mol. The van der Waals surface area contributed by atoms with E-state index in [1.807, 2.05) is 0 Å². The van der Waals surface area contributed by atoms with Gasteiger partial charge in [0.05, 0.1) is 0 Å². The highest BCUT2D eigenvalue weighted by Gasteiger charge is 2.25. The molecule has 0 spiro atoms. The predicted molar refractivity (Wildman–Crippen MR) is 97.8 cm³/mol. The minimum atomic E-state index is -1.57. The van der Waals surface area contributed by atoms with E-state index in [1.165, 1.54) is 21.5 Å². The van der Waals surface area contributed by atoms with Crippen molar-refractivity contribution < 1.29 is 0 Å². The summed E-state index contributed by atoms with van der Waals surface area (Å²) in [5.41, 5.74) is 2.86. The van der Waals surface area contributed by atoms with E-state index in [9.17, 15) is 0 Å². The Morgan fingerprint density at radius 3 is 1.10 bits per heavy atom. The van der Waals surface area contributed by atoms with Crippen molar-refractivity contribution in [3.05, 3.63) is 59.7 Å². The highest BCUT2D eigenvalue weighted by atomic mass is 28.3. The zero-order valence-electron chi connectivity index (χ0n) is 14.3. The van der Waals surface area contributed by atoms with Gasteiger partial charge in [0, 0.05) is 0 Å². The van der Waals surface area contributed by atoms with Crippen LogP contribution in [-0.4, -0.2) is 8.07 Å². The maximum atomic E-state index is 2.45. The number of rotatable bonds is 4. The van der Waals surface area contributed by atoms with Crippen molar-refractivity contribution in [2.45, 2.75) is 52.6 Å². The van der Waals surface area contributed by atoms with Gasteiger partial charge in [-0.05, 0) is 23.0 Å². The zero-order valence-corrected chi connectivity index (χ0v) is 15.3. The number of hydrogen-bond acceptors (Lipinski definition) is 0. The smallest absolute Gasteiger partial charge is 0.0623 e. The largest absolute Gasteiger partial charge is 0.112 e. The van der Waals surface area contributed by atoms with Gasteiger partial charge in [-0.25, -0.2) is 0 Å². The van der Waals surface area contributed by atoms with E-state index in [1.54, 1.807) is 0 Å². The molecule has 2 aromatic rings. The van der Waals surface area contributed by atoms with Crippen LogP contribution in [0.5, 0.6) is 0 Å². The fourth-order valence-electron chi connectivity index (χ4n) is 2.74. The topological polar surface area (TPSA) is 0 Å². The third kappa shape index (κ3) is 3.46. The molecule has 0 aliphatic heterocycles. The minimum absolute atomic E-state index is 0.606. The van der Waals surface area contributed by atoms with Crippen molar-refractivity contribution in [3.63, 3.8) is 0 Å². The van der Waals surface area contributed by atoms with Gasteiger partial charge in [-0.15, -0.1) is 0 Å². The molecule has 0 bridgehead atoms.